The van der Waals surface area contributed by atoms with Crippen LogP contribution in [0.25, 0.3) is 0 Å². The molecule has 0 aromatic carbocycles. The molecule has 0 bridgehead atoms. The standard InChI is InChI=1S/C21H40O4.H3O4P/c1-2-3-4-5-6-7-8-9-10-11-12-13-14-15-16-17-19(23)21(25)20(24)18-22;1-5(2,3)4/h9-10,20-22,24-25H,2-8,11-18H2,1H3;(H3,1,2,3,4)/b10-9-;. The highest BCUT2D eigenvalue weighted by Crippen LogP contribution is 2.25. The average molecular weight is 455 g/mol. The Balaban J connectivity index is 0. The van der Waals surface area contributed by atoms with Gasteiger partial charge in [0, 0.05) is 6.42 Å². The first kappa shape index (κ1) is 31.6. The molecule has 30 heavy (non-hydrogen) atoms. The Labute approximate surface area is 181 Å². The summed E-state index contributed by atoms with van der Waals surface area (Å²) in [7, 11) is -4.64. The lowest BCUT2D eigenvalue weighted by Gasteiger charge is -2.13. The summed E-state index contributed by atoms with van der Waals surface area (Å²) in [6, 6.07) is 0. The number of allylic oxidation sites excluding steroid dienone is 2. The van der Waals surface area contributed by atoms with E-state index in [1.807, 2.05) is 0 Å². The molecule has 0 heterocycles. The lowest BCUT2D eigenvalue weighted by molar-refractivity contribution is -0.134. The summed E-state index contributed by atoms with van der Waals surface area (Å²) in [5, 5.41) is 27.3. The fourth-order valence-corrected chi connectivity index (χ4v) is 2.83. The quantitative estimate of drug-likeness (QED) is 0.105. The molecule has 0 aliphatic heterocycles. The maximum Gasteiger partial charge on any atom is 0.466 e. The normalized spacial score (nSPS) is 13.7. The monoisotopic (exact) mass is 454 g/mol. The van der Waals surface area contributed by atoms with Gasteiger partial charge in [0.25, 0.3) is 0 Å². The minimum Gasteiger partial charge on any atom is -0.394 e. The first-order chi connectivity index (χ1) is 14.1. The lowest BCUT2D eigenvalue weighted by Crippen LogP contribution is -2.36. The molecule has 0 aliphatic carbocycles. The number of carbonyl (C=O) groups excluding carboxylic acids is 1. The molecule has 0 aliphatic rings. The summed E-state index contributed by atoms with van der Waals surface area (Å²) in [5.74, 6) is -0.376. The van der Waals surface area contributed by atoms with Crippen LogP contribution in [0.5, 0.6) is 0 Å². The van der Waals surface area contributed by atoms with Gasteiger partial charge in [0.1, 0.15) is 12.2 Å². The summed E-state index contributed by atoms with van der Waals surface area (Å²) in [6.07, 6.45) is 17.7. The molecule has 6 N–H and O–H groups in total. The number of aliphatic hydroxyl groups excluding tert-OH is 3. The van der Waals surface area contributed by atoms with Crippen molar-refractivity contribution in [3.63, 3.8) is 0 Å². The second-order valence-electron chi connectivity index (χ2n) is 7.51. The summed E-state index contributed by atoms with van der Waals surface area (Å²) >= 11 is 0. The molecular formula is C21H43O8P. The van der Waals surface area contributed by atoms with Crippen LogP contribution < -0.4 is 0 Å². The maximum atomic E-state index is 11.5. The van der Waals surface area contributed by atoms with Gasteiger partial charge >= 0.3 is 7.82 Å². The van der Waals surface area contributed by atoms with E-state index in [4.69, 9.17) is 24.4 Å². The molecule has 0 saturated heterocycles. The topological polar surface area (TPSA) is 156 Å². The third-order valence-electron chi connectivity index (χ3n) is 4.57. The molecule has 0 aromatic heterocycles. The summed E-state index contributed by atoms with van der Waals surface area (Å²) in [6.45, 7) is 1.66. The number of Topliss-reactive ketones (excluding diaryl/α,β-unsaturated/α-hetero) is 1. The fraction of sp³-hybridized carbons (Fsp3) is 0.857. The molecule has 0 saturated carbocycles. The summed E-state index contributed by atoms with van der Waals surface area (Å²) in [4.78, 5) is 33.1. The van der Waals surface area contributed by atoms with Gasteiger partial charge in [-0.15, -0.1) is 0 Å². The number of hydrogen-bond donors (Lipinski definition) is 6. The predicted octanol–water partition coefficient (Wildman–Crippen LogP) is 3.38. The Bertz CT molecular complexity index is 456. The van der Waals surface area contributed by atoms with Crippen molar-refractivity contribution in [2.24, 2.45) is 0 Å². The number of phosphoric acid groups is 1. The second kappa shape index (κ2) is 21.6. The van der Waals surface area contributed by atoms with Crippen molar-refractivity contribution in [3.8, 4) is 0 Å². The second-order valence-corrected chi connectivity index (χ2v) is 8.54. The van der Waals surface area contributed by atoms with Crippen LogP contribution in [0.15, 0.2) is 12.2 Å². The van der Waals surface area contributed by atoms with Crippen LogP contribution in [0.2, 0.25) is 0 Å². The van der Waals surface area contributed by atoms with E-state index in [2.05, 4.69) is 19.1 Å². The van der Waals surface area contributed by atoms with E-state index in [1.54, 1.807) is 0 Å². The molecule has 0 aromatic rings. The first-order valence-electron chi connectivity index (χ1n) is 11.1. The van der Waals surface area contributed by atoms with Crippen molar-refractivity contribution in [1.29, 1.82) is 0 Å². The van der Waals surface area contributed by atoms with Crippen molar-refractivity contribution < 1.29 is 39.4 Å². The zero-order valence-electron chi connectivity index (χ0n) is 18.4. The van der Waals surface area contributed by atoms with E-state index < -0.39 is 26.6 Å². The number of hydrogen-bond acceptors (Lipinski definition) is 5. The van der Waals surface area contributed by atoms with Crippen LogP contribution in [0.1, 0.15) is 96.8 Å². The van der Waals surface area contributed by atoms with E-state index in [9.17, 15) is 15.0 Å². The first-order valence-corrected chi connectivity index (χ1v) is 12.6. The van der Waals surface area contributed by atoms with Crippen LogP contribution in [-0.2, 0) is 9.36 Å². The van der Waals surface area contributed by atoms with E-state index in [1.165, 1.54) is 51.4 Å². The van der Waals surface area contributed by atoms with Crippen molar-refractivity contribution >= 4 is 13.6 Å². The van der Waals surface area contributed by atoms with Gasteiger partial charge in [0.2, 0.25) is 0 Å². The minimum atomic E-state index is -4.64. The van der Waals surface area contributed by atoms with Gasteiger partial charge < -0.3 is 30.0 Å². The Morgan fingerprint density at radius 3 is 1.63 bits per heavy atom. The van der Waals surface area contributed by atoms with Gasteiger partial charge in [-0.05, 0) is 32.1 Å². The third kappa shape index (κ3) is 27.4. The molecule has 8 nitrogen and oxygen atoms in total. The highest BCUT2D eigenvalue weighted by atomic mass is 31.2. The molecule has 9 heteroatoms. The number of aliphatic hydroxyl groups is 3. The molecular weight excluding hydrogens is 411 g/mol. The van der Waals surface area contributed by atoms with Gasteiger partial charge in [-0.1, -0.05) is 70.4 Å². The number of unbranched alkanes of at least 4 members (excludes halogenated alkanes) is 11. The maximum absolute atomic E-state index is 11.5. The molecule has 2 unspecified atom stereocenters. The van der Waals surface area contributed by atoms with Crippen LogP contribution in [-0.4, -0.2) is 54.6 Å². The Morgan fingerprint density at radius 2 is 1.20 bits per heavy atom. The van der Waals surface area contributed by atoms with E-state index >= 15 is 0 Å². The van der Waals surface area contributed by atoms with Gasteiger partial charge in [-0.3, -0.25) is 4.79 Å². The third-order valence-corrected chi connectivity index (χ3v) is 4.57. The summed E-state index contributed by atoms with van der Waals surface area (Å²) in [5.41, 5.74) is 0. The van der Waals surface area contributed by atoms with Crippen LogP contribution in [0, 0.1) is 0 Å². The largest absolute Gasteiger partial charge is 0.466 e. The van der Waals surface area contributed by atoms with Gasteiger partial charge in [0.15, 0.2) is 5.78 Å². The van der Waals surface area contributed by atoms with Gasteiger partial charge in [-0.2, -0.15) is 0 Å². The number of carbonyl (C=O) groups is 1. The van der Waals surface area contributed by atoms with E-state index in [0.717, 1.165) is 32.1 Å². The average Bonchev–Trinajstić information content (AvgIpc) is 2.68. The molecule has 2 atom stereocenters. The lowest BCUT2D eigenvalue weighted by atomic mass is 10.0. The molecule has 0 amide bonds. The zero-order valence-corrected chi connectivity index (χ0v) is 19.3. The van der Waals surface area contributed by atoms with E-state index in [0.29, 0.717) is 0 Å². The molecule has 180 valence electrons. The zero-order chi connectivity index (χ0) is 23.3. The molecule has 0 rings (SSSR count). The molecule has 0 fully saturated rings. The predicted molar refractivity (Wildman–Crippen MR) is 118 cm³/mol. The smallest absolute Gasteiger partial charge is 0.394 e. The minimum absolute atomic E-state index is 0.274. The van der Waals surface area contributed by atoms with Gasteiger partial charge in [-0.25, -0.2) is 4.57 Å². The van der Waals surface area contributed by atoms with Gasteiger partial charge in [0.05, 0.1) is 6.61 Å². The highest BCUT2D eigenvalue weighted by Gasteiger charge is 2.22. The van der Waals surface area contributed by atoms with E-state index in [-0.39, 0.29) is 12.2 Å². The van der Waals surface area contributed by atoms with Crippen LogP contribution in [0.4, 0.5) is 0 Å². The Hall–Kier alpha value is -0.600. The Morgan fingerprint density at radius 1 is 0.800 bits per heavy atom. The molecule has 0 radical (unpaired) electrons. The Kier molecular flexibility index (Phi) is 22.8. The van der Waals surface area contributed by atoms with Crippen LogP contribution in [0.3, 0.4) is 0 Å². The molecule has 0 spiro atoms. The SMILES string of the molecule is CCCCCCCC/C=C\CCCCCCCC(=O)C(O)C(O)CO.O=P(O)(O)O. The van der Waals surface area contributed by atoms with Crippen molar-refractivity contribution in [1.82, 2.24) is 0 Å². The summed E-state index contributed by atoms with van der Waals surface area (Å²) < 4.78 is 8.88. The number of rotatable bonds is 18. The van der Waals surface area contributed by atoms with Crippen molar-refractivity contribution in [2.75, 3.05) is 6.61 Å². The fourth-order valence-electron chi connectivity index (χ4n) is 2.83. The highest BCUT2D eigenvalue weighted by molar-refractivity contribution is 7.45. The van der Waals surface area contributed by atoms with Crippen LogP contribution >= 0.6 is 7.82 Å². The van der Waals surface area contributed by atoms with Crippen molar-refractivity contribution in [3.05, 3.63) is 12.2 Å². The van der Waals surface area contributed by atoms with Crippen molar-refractivity contribution in [2.45, 2.75) is 109 Å². The number of ketones is 1.